The monoisotopic (exact) mass is 590 g/mol. The Morgan fingerprint density at radius 3 is 2.74 bits per heavy atom. The molecule has 3 heterocycles. The number of furan rings is 1. The summed E-state index contributed by atoms with van der Waals surface area (Å²) in [7, 11) is 1.58. The van der Waals surface area contributed by atoms with E-state index >= 15 is 0 Å². The van der Waals surface area contributed by atoms with E-state index < -0.39 is 0 Å². The first-order chi connectivity index (χ1) is 18.4. The number of pyridine rings is 1. The first-order valence-corrected chi connectivity index (χ1v) is 13.4. The molecule has 2 aromatic heterocycles. The number of methoxy groups -OCH3 is 1. The van der Waals surface area contributed by atoms with Crippen LogP contribution in [-0.2, 0) is 4.79 Å². The summed E-state index contributed by atoms with van der Waals surface area (Å²) < 4.78 is 13.1. The third kappa shape index (κ3) is 5.04. The third-order valence-electron chi connectivity index (χ3n) is 6.46. The number of aryl methyl sites for hydroxylation is 1. The van der Waals surface area contributed by atoms with Crippen molar-refractivity contribution in [3.63, 3.8) is 0 Å². The van der Waals surface area contributed by atoms with Crippen molar-refractivity contribution < 1.29 is 13.9 Å². The molecule has 0 aliphatic carbocycles. The molecule has 2 atom stereocenters. The molecule has 1 aliphatic rings. The van der Waals surface area contributed by atoms with E-state index in [0.29, 0.717) is 23.0 Å². The van der Waals surface area contributed by atoms with E-state index in [4.69, 9.17) is 21.4 Å². The van der Waals surface area contributed by atoms with Crippen LogP contribution in [-0.4, -0.2) is 23.1 Å². The van der Waals surface area contributed by atoms with Gasteiger partial charge in [0, 0.05) is 34.4 Å². The first kappa shape index (κ1) is 25.9. The number of hydrogen-bond donors (Lipinski definition) is 2. The Hall–Kier alpha value is -3.69. The number of anilines is 2. The van der Waals surface area contributed by atoms with Crippen LogP contribution in [0.4, 0.5) is 11.4 Å². The molecule has 0 radical (unpaired) electrons. The van der Waals surface area contributed by atoms with Gasteiger partial charge in [-0.1, -0.05) is 35.0 Å². The second kappa shape index (κ2) is 11.0. The zero-order valence-electron chi connectivity index (χ0n) is 21.2. The van der Waals surface area contributed by atoms with E-state index in [1.807, 2.05) is 59.5 Å². The summed E-state index contributed by atoms with van der Waals surface area (Å²) in [5.74, 6) is 1.93. The molecule has 1 saturated heterocycles. The summed E-state index contributed by atoms with van der Waals surface area (Å²) in [5.41, 5.74) is 4.37. The molecule has 9 heteroatoms. The predicted octanol–water partition coefficient (Wildman–Crippen LogP) is 6.95. The highest BCUT2D eigenvalue weighted by molar-refractivity contribution is 9.10. The highest BCUT2D eigenvalue weighted by Crippen LogP contribution is 2.44. The quantitative estimate of drug-likeness (QED) is 0.225. The van der Waals surface area contributed by atoms with Gasteiger partial charge in [-0.3, -0.25) is 9.78 Å². The van der Waals surface area contributed by atoms with Crippen molar-refractivity contribution in [1.29, 1.82) is 0 Å². The summed E-state index contributed by atoms with van der Waals surface area (Å²) in [6.45, 7) is 3.86. The molecule has 7 nitrogen and oxygen atoms in total. The van der Waals surface area contributed by atoms with Gasteiger partial charge in [0.05, 0.1) is 24.5 Å². The van der Waals surface area contributed by atoms with Gasteiger partial charge in [0.2, 0.25) is 5.91 Å². The Morgan fingerprint density at radius 2 is 2.03 bits per heavy atom. The second-order valence-electron chi connectivity index (χ2n) is 8.97. The minimum Gasteiger partial charge on any atom is -0.494 e. The Bertz CT molecular complexity index is 1490. The van der Waals surface area contributed by atoms with Gasteiger partial charge in [0.1, 0.15) is 23.3 Å². The zero-order valence-corrected chi connectivity index (χ0v) is 23.6. The van der Waals surface area contributed by atoms with Crippen LogP contribution < -0.4 is 20.3 Å². The largest absolute Gasteiger partial charge is 0.494 e. The zero-order chi connectivity index (χ0) is 26.8. The lowest BCUT2D eigenvalue weighted by molar-refractivity contribution is -0.115. The Kier molecular flexibility index (Phi) is 7.49. The number of ether oxygens (including phenoxy) is 1. The number of hydrogen-bond acceptors (Lipinski definition) is 5. The van der Waals surface area contributed by atoms with Crippen LogP contribution in [0, 0.1) is 6.92 Å². The smallest absolute Gasteiger partial charge is 0.224 e. The van der Waals surface area contributed by atoms with Crippen LogP contribution >= 0.6 is 28.1 Å². The van der Waals surface area contributed by atoms with Crippen LogP contribution in [0.15, 0.2) is 81.8 Å². The van der Waals surface area contributed by atoms with Crippen molar-refractivity contribution in [2.75, 3.05) is 17.3 Å². The fraction of sp³-hybridized carbons (Fsp3) is 0.207. The molecule has 1 fully saturated rings. The lowest BCUT2D eigenvalue weighted by Gasteiger charge is -2.27. The van der Waals surface area contributed by atoms with Crippen molar-refractivity contribution in [1.82, 2.24) is 10.3 Å². The molecule has 0 saturated carbocycles. The number of amides is 1. The van der Waals surface area contributed by atoms with Gasteiger partial charge in [0.15, 0.2) is 5.11 Å². The van der Waals surface area contributed by atoms with Crippen LogP contribution in [0.2, 0.25) is 0 Å². The number of carbonyl (C=O) groups excluding carboxylic acids is 1. The van der Waals surface area contributed by atoms with E-state index in [0.717, 1.165) is 38.5 Å². The average molecular weight is 592 g/mol. The summed E-state index contributed by atoms with van der Waals surface area (Å²) in [4.78, 5) is 18.6. The third-order valence-corrected chi connectivity index (χ3v) is 7.44. The molecular weight excluding hydrogens is 564 g/mol. The molecule has 5 rings (SSSR count). The minimum atomic E-state index is -0.323. The Morgan fingerprint density at radius 1 is 1.18 bits per heavy atom. The number of aromatic nitrogens is 1. The number of nitrogens with one attached hydrogen (secondary N) is 2. The van der Waals surface area contributed by atoms with Gasteiger partial charge in [-0.25, -0.2) is 0 Å². The lowest BCUT2D eigenvalue weighted by atomic mass is 10.0. The first-order valence-electron chi connectivity index (χ1n) is 12.2. The SMILES string of the molecule is CCC(=O)Nc1ccc(N2C(=S)N[C@@H](c3ccccn3)[C@H]2c2ccc(-c3ccc(C)cc3Br)o2)cc1OC. The van der Waals surface area contributed by atoms with Gasteiger partial charge in [-0.2, -0.15) is 0 Å². The molecule has 4 aromatic rings. The topological polar surface area (TPSA) is 79.6 Å². The van der Waals surface area contributed by atoms with Crippen molar-refractivity contribution in [3.05, 3.63) is 94.4 Å². The van der Waals surface area contributed by atoms with Crippen LogP contribution in [0.5, 0.6) is 5.75 Å². The second-order valence-corrected chi connectivity index (χ2v) is 10.2. The van der Waals surface area contributed by atoms with Crippen LogP contribution in [0.3, 0.4) is 0 Å². The van der Waals surface area contributed by atoms with Crippen molar-refractivity contribution in [2.45, 2.75) is 32.4 Å². The number of nitrogens with zero attached hydrogens (tertiary/aromatic N) is 2. The van der Waals surface area contributed by atoms with E-state index in [2.05, 4.69) is 50.6 Å². The fourth-order valence-corrected chi connectivity index (χ4v) is 5.60. The molecular formula is C29H27BrN4O3S. The van der Waals surface area contributed by atoms with Gasteiger partial charge in [-0.05, 0) is 73.2 Å². The summed E-state index contributed by atoms with van der Waals surface area (Å²) in [6.07, 6.45) is 2.14. The number of halogens is 1. The maximum absolute atomic E-state index is 12.0. The highest BCUT2D eigenvalue weighted by Gasteiger charge is 2.43. The van der Waals surface area contributed by atoms with E-state index in [1.54, 1.807) is 20.2 Å². The molecule has 194 valence electrons. The molecule has 38 heavy (non-hydrogen) atoms. The summed E-state index contributed by atoms with van der Waals surface area (Å²) >= 11 is 9.51. The van der Waals surface area contributed by atoms with Crippen molar-refractivity contribution in [3.8, 4) is 17.1 Å². The molecule has 1 amide bonds. The Labute approximate surface area is 235 Å². The van der Waals surface area contributed by atoms with Crippen LogP contribution in [0.25, 0.3) is 11.3 Å². The molecule has 1 aliphatic heterocycles. The van der Waals surface area contributed by atoms with E-state index in [1.165, 1.54) is 0 Å². The molecule has 2 aromatic carbocycles. The number of rotatable bonds is 7. The van der Waals surface area contributed by atoms with E-state index in [-0.39, 0.29) is 18.0 Å². The molecule has 0 spiro atoms. The number of carbonyl (C=O) groups is 1. The van der Waals surface area contributed by atoms with Crippen molar-refractivity contribution in [2.24, 2.45) is 0 Å². The maximum Gasteiger partial charge on any atom is 0.224 e. The Balaban J connectivity index is 1.58. The fourth-order valence-electron chi connectivity index (χ4n) is 4.57. The van der Waals surface area contributed by atoms with Crippen LogP contribution in [0.1, 0.15) is 42.4 Å². The summed E-state index contributed by atoms with van der Waals surface area (Å²) in [6, 6.07) is 21.0. The lowest BCUT2D eigenvalue weighted by Crippen LogP contribution is -2.29. The highest BCUT2D eigenvalue weighted by atomic mass is 79.9. The maximum atomic E-state index is 12.0. The van der Waals surface area contributed by atoms with Gasteiger partial charge in [0.25, 0.3) is 0 Å². The molecule has 2 N–H and O–H groups in total. The average Bonchev–Trinajstić information content (AvgIpc) is 3.54. The van der Waals surface area contributed by atoms with Crippen molar-refractivity contribution >= 4 is 50.5 Å². The van der Waals surface area contributed by atoms with Gasteiger partial charge in [-0.15, -0.1) is 0 Å². The van der Waals surface area contributed by atoms with Gasteiger partial charge >= 0.3 is 0 Å². The van der Waals surface area contributed by atoms with E-state index in [9.17, 15) is 4.79 Å². The standard InChI is InChI=1S/C29H27BrN4O3S/c1-4-26(35)32-21-11-9-18(16-25(21)36-3)34-28(27(33-29(34)38)22-7-5-6-14-31-22)24-13-12-23(37-24)19-10-8-17(2)15-20(19)30/h5-16,27-28H,4H2,1-3H3,(H,32,35)(H,33,38)/t27-,28+/m0/s1. The van der Waals surface area contributed by atoms with Gasteiger partial charge < -0.3 is 24.7 Å². The molecule has 0 bridgehead atoms. The normalized spacial score (nSPS) is 16.8. The number of thiocarbonyl (C=S) groups is 1. The minimum absolute atomic E-state index is 0.0899. The number of benzene rings is 2. The predicted molar refractivity (Wildman–Crippen MR) is 156 cm³/mol. The summed E-state index contributed by atoms with van der Waals surface area (Å²) in [5, 5.41) is 6.86. The molecule has 0 unspecified atom stereocenters.